The van der Waals surface area contributed by atoms with E-state index in [-0.39, 0.29) is 23.7 Å². The fraction of sp³-hybridized carbons (Fsp3) is 0.263. The minimum Gasteiger partial charge on any atom is -0.295 e. The molecule has 0 heterocycles. The second kappa shape index (κ2) is 7.70. The Morgan fingerprint density at radius 3 is 2.00 bits per heavy atom. The Morgan fingerprint density at radius 2 is 1.48 bits per heavy atom. The lowest BCUT2D eigenvalue weighted by Crippen LogP contribution is -2.41. The van der Waals surface area contributed by atoms with E-state index in [1.165, 1.54) is 0 Å². The van der Waals surface area contributed by atoms with Crippen molar-refractivity contribution in [3.63, 3.8) is 0 Å². The Bertz CT molecular complexity index is 664. The van der Waals surface area contributed by atoms with Crippen LogP contribution < -0.4 is 10.9 Å². The first-order valence-electron chi connectivity index (χ1n) is 7.71. The highest BCUT2D eigenvalue weighted by Crippen LogP contribution is 2.21. The van der Waals surface area contributed by atoms with Crippen LogP contribution in [0.3, 0.4) is 0 Å². The first-order chi connectivity index (χ1) is 11.0. The van der Waals surface area contributed by atoms with Crippen LogP contribution in [0.1, 0.15) is 53.1 Å². The molecule has 1 unspecified atom stereocenters. The summed E-state index contributed by atoms with van der Waals surface area (Å²) in [6.07, 6.45) is 0. The number of carbonyl (C=O) groups excluding carboxylic acids is 2. The first-order valence-corrected chi connectivity index (χ1v) is 7.71. The Kier molecular flexibility index (Phi) is 5.66. The van der Waals surface area contributed by atoms with E-state index >= 15 is 0 Å². The van der Waals surface area contributed by atoms with Crippen LogP contribution in [0, 0.1) is 5.92 Å². The number of hydrogen-bond acceptors (Lipinski definition) is 3. The van der Waals surface area contributed by atoms with Gasteiger partial charge in [-0.1, -0.05) is 56.3 Å². The van der Waals surface area contributed by atoms with E-state index in [2.05, 4.69) is 24.7 Å². The number of amides is 1. The molecule has 0 radical (unpaired) electrons. The first kappa shape index (κ1) is 16.9. The van der Waals surface area contributed by atoms with Crippen molar-refractivity contribution in [2.75, 3.05) is 0 Å². The highest BCUT2D eigenvalue weighted by atomic mass is 16.2. The Labute approximate surface area is 136 Å². The maximum absolute atomic E-state index is 12.1. The van der Waals surface area contributed by atoms with Gasteiger partial charge in [-0.05, 0) is 30.5 Å². The zero-order chi connectivity index (χ0) is 16.8. The standard InChI is InChI=1S/C19H22N2O2/c1-13(2)18(16-11-9-15(10-12-16)14(3)22)20-21-19(23)17-7-5-4-6-8-17/h4-13,18,20H,1-3H3,(H,21,23). The largest absolute Gasteiger partial charge is 0.295 e. The number of ketones is 1. The van der Waals surface area contributed by atoms with E-state index in [9.17, 15) is 9.59 Å². The molecule has 0 saturated carbocycles. The third-order valence-electron chi connectivity index (χ3n) is 3.72. The van der Waals surface area contributed by atoms with Gasteiger partial charge in [-0.15, -0.1) is 0 Å². The van der Waals surface area contributed by atoms with Gasteiger partial charge in [-0.2, -0.15) is 0 Å². The molecule has 1 atom stereocenters. The molecule has 4 nitrogen and oxygen atoms in total. The van der Waals surface area contributed by atoms with Crippen molar-refractivity contribution >= 4 is 11.7 Å². The maximum Gasteiger partial charge on any atom is 0.265 e. The number of benzene rings is 2. The van der Waals surface area contributed by atoms with Crippen LogP contribution in [0.4, 0.5) is 0 Å². The number of hydrogen-bond donors (Lipinski definition) is 2. The highest BCUT2D eigenvalue weighted by molar-refractivity contribution is 5.94. The molecule has 4 heteroatoms. The Balaban J connectivity index is 2.07. The topological polar surface area (TPSA) is 58.2 Å². The normalized spacial score (nSPS) is 12.0. The third-order valence-corrected chi connectivity index (χ3v) is 3.72. The van der Waals surface area contributed by atoms with Crippen LogP contribution >= 0.6 is 0 Å². The molecule has 2 aromatic carbocycles. The van der Waals surface area contributed by atoms with E-state index in [4.69, 9.17) is 0 Å². The van der Waals surface area contributed by atoms with Crippen molar-refractivity contribution in [3.05, 3.63) is 71.3 Å². The molecule has 0 fully saturated rings. The molecule has 0 saturated heterocycles. The zero-order valence-electron chi connectivity index (χ0n) is 13.7. The predicted octanol–water partition coefficient (Wildman–Crippen LogP) is 3.52. The molecular weight excluding hydrogens is 288 g/mol. The van der Waals surface area contributed by atoms with Gasteiger partial charge in [0.15, 0.2) is 5.78 Å². The fourth-order valence-corrected chi connectivity index (χ4v) is 2.37. The molecule has 2 N–H and O–H groups in total. The van der Waals surface area contributed by atoms with Crippen LogP contribution in [0.25, 0.3) is 0 Å². The van der Waals surface area contributed by atoms with Gasteiger partial charge in [0.1, 0.15) is 0 Å². The van der Waals surface area contributed by atoms with Crippen LogP contribution in [0.5, 0.6) is 0 Å². The number of rotatable bonds is 6. The van der Waals surface area contributed by atoms with Gasteiger partial charge in [0.05, 0.1) is 6.04 Å². The van der Waals surface area contributed by atoms with Crippen molar-refractivity contribution in [2.45, 2.75) is 26.8 Å². The lowest BCUT2D eigenvalue weighted by atomic mass is 9.95. The lowest BCUT2D eigenvalue weighted by Gasteiger charge is -2.23. The molecule has 0 aliphatic carbocycles. The van der Waals surface area contributed by atoms with Crippen LogP contribution in [-0.2, 0) is 0 Å². The van der Waals surface area contributed by atoms with Crippen molar-refractivity contribution in [1.29, 1.82) is 0 Å². The summed E-state index contributed by atoms with van der Waals surface area (Å²) >= 11 is 0. The SMILES string of the molecule is CC(=O)c1ccc(C(NNC(=O)c2ccccc2)C(C)C)cc1. The summed E-state index contributed by atoms with van der Waals surface area (Å²) in [6.45, 7) is 5.70. The highest BCUT2D eigenvalue weighted by Gasteiger charge is 2.17. The summed E-state index contributed by atoms with van der Waals surface area (Å²) in [6, 6.07) is 16.5. The summed E-state index contributed by atoms with van der Waals surface area (Å²) in [5, 5.41) is 0. The van der Waals surface area contributed by atoms with Gasteiger partial charge in [0, 0.05) is 11.1 Å². The molecule has 1 amide bonds. The Hall–Kier alpha value is -2.46. The smallest absolute Gasteiger partial charge is 0.265 e. The van der Waals surface area contributed by atoms with Gasteiger partial charge in [-0.3, -0.25) is 15.0 Å². The van der Waals surface area contributed by atoms with Gasteiger partial charge in [0.25, 0.3) is 5.91 Å². The monoisotopic (exact) mass is 310 g/mol. The second-order valence-electron chi connectivity index (χ2n) is 5.86. The zero-order valence-corrected chi connectivity index (χ0v) is 13.7. The summed E-state index contributed by atoms with van der Waals surface area (Å²) in [4.78, 5) is 23.5. The summed E-state index contributed by atoms with van der Waals surface area (Å²) in [5.41, 5.74) is 8.18. The lowest BCUT2D eigenvalue weighted by molar-refractivity contribution is 0.0919. The maximum atomic E-state index is 12.1. The van der Waals surface area contributed by atoms with E-state index in [0.717, 1.165) is 5.56 Å². The van der Waals surface area contributed by atoms with Crippen LogP contribution in [0.2, 0.25) is 0 Å². The van der Waals surface area contributed by atoms with Crippen molar-refractivity contribution < 1.29 is 9.59 Å². The molecule has 120 valence electrons. The summed E-state index contributed by atoms with van der Waals surface area (Å²) < 4.78 is 0. The average Bonchev–Trinajstić information content (AvgIpc) is 2.55. The molecule has 2 rings (SSSR count). The summed E-state index contributed by atoms with van der Waals surface area (Å²) in [7, 11) is 0. The minimum atomic E-state index is -0.170. The van der Waals surface area contributed by atoms with E-state index in [1.54, 1.807) is 19.1 Å². The van der Waals surface area contributed by atoms with E-state index < -0.39 is 0 Å². The quantitative estimate of drug-likeness (QED) is 0.634. The molecular formula is C19H22N2O2. The minimum absolute atomic E-state index is 0.0383. The van der Waals surface area contributed by atoms with Gasteiger partial charge >= 0.3 is 0 Å². The molecule has 0 aliphatic heterocycles. The molecule has 0 bridgehead atoms. The van der Waals surface area contributed by atoms with E-state index in [0.29, 0.717) is 11.1 Å². The Morgan fingerprint density at radius 1 is 0.870 bits per heavy atom. The third kappa shape index (κ3) is 4.50. The van der Waals surface area contributed by atoms with E-state index in [1.807, 2.05) is 42.5 Å². The number of carbonyl (C=O) groups is 2. The fourth-order valence-electron chi connectivity index (χ4n) is 2.37. The van der Waals surface area contributed by atoms with Gasteiger partial charge in [-0.25, -0.2) is 5.43 Å². The second-order valence-corrected chi connectivity index (χ2v) is 5.86. The predicted molar refractivity (Wildman–Crippen MR) is 91.1 cm³/mol. The van der Waals surface area contributed by atoms with Crippen LogP contribution in [-0.4, -0.2) is 11.7 Å². The van der Waals surface area contributed by atoms with Gasteiger partial charge < -0.3 is 0 Å². The van der Waals surface area contributed by atoms with Crippen molar-refractivity contribution in [3.8, 4) is 0 Å². The van der Waals surface area contributed by atoms with Gasteiger partial charge in [0.2, 0.25) is 0 Å². The molecule has 0 aliphatic rings. The number of nitrogens with one attached hydrogen (secondary N) is 2. The molecule has 0 spiro atoms. The molecule has 2 aromatic rings. The number of hydrazine groups is 1. The average molecular weight is 310 g/mol. The van der Waals surface area contributed by atoms with Crippen molar-refractivity contribution in [2.24, 2.45) is 5.92 Å². The van der Waals surface area contributed by atoms with Crippen molar-refractivity contribution in [1.82, 2.24) is 10.9 Å². The molecule has 0 aromatic heterocycles. The summed E-state index contributed by atoms with van der Waals surface area (Å²) in [5.74, 6) is 0.147. The molecule has 23 heavy (non-hydrogen) atoms. The number of Topliss-reactive ketones (excluding diaryl/α,β-unsaturated/α-hetero) is 1. The van der Waals surface area contributed by atoms with Crippen LogP contribution in [0.15, 0.2) is 54.6 Å².